The van der Waals surface area contributed by atoms with Gasteiger partial charge in [0.05, 0.1) is 0 Å². The van der Waals surface area contributed by atoms with Crippen LogP contribution in [0.15, 0.2) is 0 Å². The van der Waals surface area contributed by atoms with Crippen molar-refractivity contribution >= 4 is 5.78 Å². The second-order valence-electron chi connectivity index (χ2n) is 6.00. The second kappa shape index (κ2) is 5.99. The zero-order valence-electron chi connectivity index (χ0n) is 12.1. The summed E-state index contributed by atoms with van der Waals surface area (Å²) in [5, 5.41) is 0. The molecule has 1 fully saturated rings. The lowest BCUT2D eigenvalue weighted by Crippen LogP contribution is -2.44. The highest BCUT2D eigenvalue weighted by molar-refractivity contribution is 5.89. The van der Waals surface area contributed by atoms with Crippen LogP contribution in [0.1, 0.15) is 60.3 Å². The predicted molar refractivity (Wildman–Crippen MR) is 71.0 cm³/mol. The van der Waals surface area contributed by atoms with Gasteiger partial charge < -0.3 is 4.74 Å². The van der Waals surface area contributed by atoms with E-state index < -0.39 is 5.60 Å². The minimum atomic E-state index is -0.559. The SMILES string of the molecule is CCOC(C)(CC)C(=O)C1CC(C)CC(C)C1. The number of carbonyl (C=O) groups excluding carboxylic acids is 1. The molecule has 0 heterocycles. The van der Waals surface area contributed by atoms with Gasteiger partial charge in [-0.2, -0.15) is 0 Å². The van der Waals surface area contributed by atoms with Gasteiger partial charge in [0.15, 0.2) is 5.78 Å². The number of Topliss-reactive ketones (excluding diaryl/α,β-unsaturated/α-hetero) is 1. The third kappa shape index (κ3) is 3.54. The van der Waals surface area contributed by atoms with Crippen molar-refractivity contribution in [3.8, 4) is 0 Å². The lowest BCUT2D eigenvalue weighted by atomic mass is 9.72. The van der Waals surface area contributed by atoms with Crippen LogP contribution in [0.3, 0.4) is 0 Å². The highest BCUT2D eigenvalue weighted by atomic mass is 16.5. The summed E-state index contributed by atoms with van der Waals surface area (Å²) in [7, 11) is 0. The van der Waals surface area contributed by atoms with Crippen LogP contribution in [0, 0.1) is 17.8 Å². The highest BCUT2D eigenvalue weighted by Gasteiger charge is 2.39. The minimum Gasteiger partial charge on any atom is -0.368 e. The van der Waals surface area contributed by atoms with E-state index in [-0.39, 0.29) is 5.92 Å². The topological polar surface area (TPSA) is 26.3 Å². The van der Waals surface area contributed by atoms with Crippen LogP contribution in [0.5, 0.6) is 0 Å². The first kappa shape index (κ1) is 14.7. The molecule has 2 nitrogen and oxygen atoms in total. The first-order chi connectivity index (χ1) is 7.92. The first-order valence-corrected chi connectivity index (χ1v) is 7.11. The van der Waals surface area contributed by atoms with Crippen molar-refractivity contribution in [2.75, 3.05) is 6.61 Å². The van der Waals surface area contributed by atoms with Crippen molar-refractivity contribution in [2.24, 2.45) is 17.8 Å². The van der Waals surface area contributed by atoms with Gasteiger partial charge in [-0.1, -0.05) is 20.8 Å². The molecule has 0 saturated heterocycles. The molecule has 0 aliphatic heterocycles. The number of ketones is 1. The molecular formula is C15H28O2. The zero-order valence-corrected chi connectivity index (χ0v) is 12.1. The summed E-state index contributed by atoms with van der Waals surface area (Å²) < 4.78 is 5.71. The minimum absolute atomic E-state index is 0.213. The molecule has 0 aromatic carbocycles. The molecule has 0 amide bonds. The summed E-state index contributed by atoms with van der Waals surface area (Å²) in [6, 6.07) is 0. The first-order valence-electron chi connectivity index (χ1n) is 7.11. The number of rotatable bonds is 5. The van der Waals surface area contributed by atoms with Gasteiger partial charge in [-0.15, -0.1) is 0 Å². The van der Waals surface area contributed by atoms with Crippen molar-refractivity contribution in [3.05, 3.63) is 0 Å². The van der Waals surface area contributed by atoms with Gasteiger partial charge in [-0.3, -0.25) is 4.79 Å². The van der Waals surface area contributed by atoms with Crippen LogP contribution in [-0.4, -0.2) is 18.0 Å². The number of hydrogen-bond donors (Lipinski definition) is 0. The molecule has 3 unspecified atom stereocenters. The van der Waals surface area contributed by atoms with E-state index in [0.29, 0.717) is 24.2 Å². The molecule has 3 atom stereocenters. The van der Waals surface area contributed by atoms with E-state index in [1.54, 1.807) is 0 Å². The van der Waals surface area contributed by atoms with E-state index in [1.807, 2.05) is 20.8 Å². The molecule has 1 rings (SSSR count). The smallest absolute Gasteiger partial charge is 0.167 e. The van der Waals surface area contributed by atoms with Gasteiger partial charge >= 0.3 is 0 Å². The van der Waals surface area contributed by atoms with Gasteiger partial charge in [-0.05, 0) is 51.4 Å². The monoisotopic (exact) mass is 240 g/mol. The van der Waals surface area contributed by atoms with Crippen LogP contribution in [0.2, 0.25) is 0 Å². The lowest BCUT2D eigenvalue weighted by molar-refractivity contribution is -0.148. The third-order valence-corrected chi connectivity index (χ3v) is 4.21. The highest BCUT2D eigenvalue weighted by Crippen LogP contribution is 2.36. The van der Waals surface area contributed by atoms with Crippen LogP contribution in [-0.2, 0) is 9.53 Å². The Hall–Kier alpha value is -0.370. The van der Waals surface area contributed by atoms with Crippen LogP contribution in [0.4, 0.5) is 0 Å². The Morgan fingerprint density at radius 1 is 1.18 bits per heavy atom. The summed E-state index contributed by atoms with van der Waals surface area (Å²) in [6.45, 7) is 11.1. The summed E-state index contributed by atoms with van der Waals surface area (Å²) >= 11 is 0. The van der Waals surface area contributed by atoms with Crippen LogP contribution in [0.25, 0.3) is 0 Å². The third-order valence-electron chi connectivity index (χ3n) is 4.21. The van der Waals surface area contributed by atoms with Crippen molar-refractivity contribution in [2.45, 2.75) is 65.9 Å². The number of ether oxygens (including phenoxy) is 1. The number of carbonyl (C=O) groups is 1. The van der Waals surface area contributed by atoms with Crippen LogP contribution >= 0.6 is 0 Å². The zero-order chi connectivity index (χ0) is 13.1. The van der Waals surface area contributed by atoms with Crippen molar-refractivity contribution in [3.63, 3.8) is 0 Å². The Labute approximate surface area is 106 Å². The molecule has 0 bridgehead atoms. The number of hydrogen-bond acceptors (Lipinski definition) is 2. The fraction of sp³-hybridized carbons (Fsp3) is 0.933. The van der Waals surface area contributed by atoms with Crippen LogP contribution < -0.4 is 0 Å². The molecule has 0 spiro atoms. The standard InChI is InChI=1S/C15H28O2/c1-6-15(5,17-7-2)14(16)13-9-11(3)8-12(4)10-13/h11-13H,6-10H2,1-5H3. The quantitative estimate of drug-likeness (QED) is 0.730. The van der Waals surface area contributed by atoms with Gasteiger partial charge in [0.2, 0.25) is 0 Å². The molecule has 0 N–H and O–H groups in total. The molecular weight excluding hydrogens is 212 g/mol. The van der Waals surface area contributed by atoms with Crippen molar-refractivity contribution < 1.29 is 9.53 Å². The fourth-order valence-electron chi connectivity index (χ4n) is 3.26. The molecule has 17 heavy (non-hydrogen) atoms. The summed E-state index contributed by atoms with van der Waals surface area (Å²) in [6.07, 6.45) is 4.14. The molecule has 2 heteroatoms. The Balaban J connectivity index is 2.73. The van der Waals surface area contributed by atoms with E-state index >= 15 is 0 Å². The van der Waals surface area contributed by atoms with E-state index in [4.69, 9.17) is 4.74 Å². The maximum Gasteiger partial charge on any atom is 0.167 e. The second-order valence-corrected chi connectivity index (χ2v) is 6.00. The predicted octanol–water partition coefficient (Wildman–Crippen LogP) is 3.83. The largest absolute Gasteiger partial charge is 0.368 e. The Bertz CT molecular complexity index is 252. The van der Waals surface area contributed by atoms with E-state index in [1.165, 1.54) is 6.42 Å². The van der Waals surface area contributed by atoms with Gasteiger partial charge in [0, 0.05) is 12.5 Å². The van der Waals surface area contributed by atoms with Gasteiger partial charge in [0.25, 0.3) is 0 Å². The van der Waals surface area contributed by atoms with E-state index in [2.05, 4.69) is 13.8 Å². The summed E-state index contributed by atoms with van der Waals surface area (Å²) in [4.78, 5) is 12.6. The normalized spacial score (nSPS) is 33.1. The van der Waals surface area contributed by atoms with E-state index in [9.17, 15) is 4.79 Å². The molecule has 0 radical (unpaired) electrons. The molecule has 1 aliphatic carbocycles. The van der Waals surface area contributed by atoms with Crippen molar-refractivity contribution in [1.82, 2.24) is 0 Å². The molecule has 100 valence electrons. The average molecular weight is 240 g/mol. The Kier molecular flexibility index (Phi) is 5.18. The van der Waals surface area contributed by atoms with E-state index in [0.717, 1.165) is 19.3 Å². The summed E-state index contributed by atoms with van der Waals surface area (Å²) in [5.74, 6) is 1.90. The molecule has 0 aromatic heterocycles. The molecule has 0 aromatic rings. The molecule has 1 aliphatic rings. The maximum atomic E-state index is 12.6. The summed E-state index contributed by atoms with van der Waals surface area (Å²) in [5.41, 5.74) is -0.559. The van der Waals surface area contributed by atoms with Gasteiger partial charge in [0.1, 0.15) is 5.60 Å². The fourth-order valence-corrected chi connectivity index (χ4v) is 3.26. The van der Waals surface area contributed by atoms with Gasteiger partial charge in [-0.25, -0.2) is 0 Å². The molecule has 1 saturated carbocycles. The maximum absolute atomic E-state index is 12.6. The van der Waals surface area contributed by atoms with Crippen molar-refractivity contribution in [1.29, 1.82) is 0 Å². The Morgan fingerprint density at radius 2 is 1.71 bits per heavy atom. The average Bonchev–Trinajstić information content (AvgIpc) is 2.27. The lowest BCUT2D eigenvalue weighted by Gasteiger charge is -2.36. The Morgan fingerprint density at radius 3 is 2.12 bits per heavy atom.